The minimum atomic E-state index is -0.865. The first-order valence-corrected chi connectivity index (χ1v) is 7.45. The molecular formula is C16H23N3O2. The Bertz CT molecular complexity index is 552. The highest BCUT2D eigenvalue weighted by Gasteiger charge is 2.27. The van der Waals surface area contributed by atoms with Crippen LogP contribution in [0, 0.1) is 0 Å². The summed E-state index contributed by atoms with van der Waals surface area (Å²) in [4.78, 5) is 23.7. The fourth-order valence-corrected chi connectivity index (χ4v) is 2.56. The molecule has 4 N–H and O–H groups in total. The molecule has 114 valence electrons. The average molecular weight is 289 g/mol. The Morgan fingerprint density at radius 3 is 2.90 bits per heavy atom. The van der Waals surface area contributed by atoms with Crippen molar-refractivity contribution in [1.82, 2.24) is 0 Å². The summed E-state index contributed by atoms with van der Waals surface area (Å²) < 4.78 is 0. The molecule has 1 heterocycles. The summed E-state index contributed by atoms with van der Waals surface area (Å²) in [6, 6.07) is 5.55. The van der Waals surface area contributed by atoms with Gasteiger partial charge < -0.3 is 16.4 Å². The number of amides is 2. The second-order valence-corrected chi connectivity index (χ2v) is 5.90. The lowest BCUT2D eigenvalue weighted by atomic mass is 9.96. The summed E-state index contributed by atoms with van der Waals surface area (Å²) in [5, 5.41) is 5.75. The van der Waals surface area contributed by atoms with Crippen LogP contribution in [0.3, 0.4) is 0 Å². The van der Waals surface area contributed by atoms with E-state index in [1.807, 2.05) is 19.1 Å². The van der Waals surface area contributed by atoms with Gasteiger partial charge in [0.25, 0.3) is 0 Å². The monoisotopic (exact) mass is 289 g/mol. The third-order valence-electron chi connectivity index (χ3n) is 3.78. The molecule has 0 aromatic heterocycles. The molecule has 1 aromatic rings. The van der Waals surface area contributed by atoms with Crippen molar-refractivity contribution < 1.29 is 9.59 Å². The first kappa shape index (κ1) is 15.5. The van der Waals surface area contributed by atoms with Gasteiger partial charge in [-0.25, -0.2) is 0 Å². The van der Waals surface area contributed by atoms with Crippen molar-refractivity contribution >= 4 is 23.2 Å². The summed E-state index contributed by atoms with van der Waals surface area (Å²) in [5.74, 6) is -0.134. The Labute approximate surface area is 125 Å². The van der Waals surface area contributed by atoms with Gasteiger partial charge in [0.1, 0.15) is 0 Å². The summed E-state index contributed by atoms with van der Waals surface area (Å²) in [6.45, 7) is 3.75. The quantitative estimate of drug-likeness (QED) is 0.796. The zero-order valence-electron chi connectivity index (χ0n) is 12.7. The van der Waals surface area contributed by atoms with Crippen LogP contribution in [-0.4, -0.2) is 17.4 Å². The van der Waals surface area contributed by atoms with Crippen LogP contribution in [0.2, 0.25) is 0 Å². The van der Waals surface area contributed by atoms with Crippen molar-refractivity contribution in [2.24, 2.45) is 5.73 Å². The van der Waals surface area contributed by atoms with Crippen LogP contribution in [0.4, 0.5) is 11.4 Å². The Kier molecular flexibility index (Phi) is 4.63. The molecule has 1 unspecified atom stereocenters. The highest BCUT2D eigenvalue weighted by molar-refractivity contribution is 5.98. The number of carbonyl (C=O) groups excluding carboxylic acids is 2. The molecule has 0 radical (unpaired) electrons. The van der Waals surface area contributed by atoms with Crippen LogP contribution < -0.4 is 16.4 Å². The lowest BCUT2D eigenvalue weighted by Crippen LogP contribution is -2.48. The molecule has 0 spiro atoms. The summed E-state index contributed by atoms with van der Waals surface area (Å²) in [6.07, 6.45) is 3.68. The predicted octanol–water partition coefficient (Wildman–Crippen LogP) is 2.42. The van der Waals surface area contributed by atoms with Gasteiger partial charge in [-0.2, -0.15) is 0 Å². The van der Waals surface area contributed by atoms with E-state index in [1.54, 1.807) is 13.0 Å². The van der Waals surface area contributed by atoms with E-state index in [0.29, 0.717) is 12.8 Å². The van der Waals surface area contributed by atoms with E-state index in [9.17, 15) is 9.59 Å². The standard InChI is InChI=1S/C16H23N3O2/c1-3-9-16(2,17)15(21)18-12-7-8-13-11(10-12)5-4-6-14(20)19-13/h7-8,10H,3-6,9,17H2,1-2H3,(H,18,21)(H,19,20). The third kappa shape index (κ3) is 3.82. The van der Waals surface area contributed by atoms with E-state index >= 15 is 0 Å². The number of rotatable bonds is 4. The first-order valence-electron chi connectivity index (χ1n) is 7.45. The van der Waals surface area contributed by atoms with Crippen molar-refractivity contribution in [2.45, 2.75) is 51.5 Å². The summed E-state index contributed by atoms with van der Waals surface area (Å²) in [7, 11) is 0. The van der Waals surface area contributed by atoms with Crippen LogP contribution in [-0.2, 0) is 16.0 Å². The molecule has 0 fully saturated rings. The zero-order valence-corrected chi connectivity index (χ0v) is 12.7. The van der Waals surface area contributed by atoms with E-state index in [2.05, 4.69) is 10.6 Å². The summed E-state index contributed by atoms with van der Waals surface area (Å²) in [5.41, 5.74) is 7.77. The van der Waals surface area contributed by atoms with Crippen LogP contribution in [0.25, 0.3) is 0 Å². The second kappa shape index (κ2) is 6.26. The molecule has 0 saturated carbocycles. The number of hydrogen-bond donors (Lipinski definition) is 3. The Morgan fingerprint density at radius 2 is 2.19 bits per heavy atom. The van der Waals surface area contributed by atoms with Gasteiger partial charge in [-0.05, 0) is 49.9 Å². The van der Waals surface area contributed by atoms with Gasteiger partial charge in [0, 0.05) is 17.8 Å². The smallest absolute Gasteiger partial charge is 0.244 e. The van der Waals surface area contributed by atoms with E-state index in [1.165, 1.54) is 0 Å². The molecular weight excluding hydrogens is 266 g/mol. The minimum Gasteiger partial charge on any atom is -0.326 e. The molecule has 1 aliphatic rings. The number of anilines is 2. The molecule has 0 aliphatic carbocycles. The normalized spacial score (nSPS) is 17.2. The number of aryl methyl sites for hydroxylation is 1. The average Bonchev–Trinajstić information content (AvgIpc) is 2.59. The minimum absolute atomic E-state index is 0.0445. The number of fused-ring (bicyclic) bond motifs is 1. The second-order valence-electron chi connectivity index (χ2n) is 5.90. The lowest BCUT2D eigenvalue weighted by Gasteiger charge is -2.23. The van der Waals surface area contributed by atoms with Crippen molar-refractivity contribution in [3.63, 3.8) is 0 Å². The predicted molar refractivity (Wildman–Crippen MR) is 84.1 cm³/mol. The molecule has 5 nitrogen and oxygen atoms in total. The Balaban J connectivity index is 2.14. The van der Waals surface area contributed by atoms with Gasteiger partial charge in [0.15, 0.2) is 0 Å². The Morgan fingerprint density at radius 1 is 1.43 bits per heavy atom. The largest absolute Gasteiger partial charge is 0.326 e. The van der Waals surface area contributed by atoms with Gasteiger partial charge >= 0.3 is 0 Å². The van der Waals surface area contributed by atoms with Crippen LogP contribution in [0.1, 0.15) is 45.1 Å². The molecule has 2 rings (SSSR count). The van der Waals surface area contributed by atoms with E-state index in [-0.39, 0.29) is 11.8 Å². The molecule has 5 heteroatoms. The molecule has 1 aliphatic heterocycles. The number of hydrogen-bond acceptors (Lipinski definition) is 3. The number of carbonyl (C=O) groups is 2. The highest BCUT2D eigenvalue weighted by atomic mass is 16.2. The fourth-order valence-electron chi connectivity index (χ4n) is 2.56. The highest BCUT2D eigenvalue weighted by Crippen LogP contribution is 2.26. The zero-order chi connectivity index (χ0) is 15.5. The van der Waals surface area contributed by atoms with Crippen LogP contribution >= 0.6 is 0 Å². The molecule has 0 saturated heterocycles. The number of benzene rings is 1. The third-order valence-corrected chi connectivity index (χ3v) is 3.78. The molecule has 1 atom stereocenters. The summed E-state index contributed by atoms with van der Waals surface area (Å²) >= 11 is 0. The van der Waals surface area contributed by atoms with Gasteiger partial charge in [-0.1, -0.05) is 13.3 Å². The van der Waals surface area contributed by atoms with Gasteiger partial charge in [-0.3, -0.25) is 9.59 Å². The van der Waals surface area contributed by atoms with Crippen molar-refractivity contribution in [3.05, 3.63) is 23.8 Å². The van der Waals surface area contributed by atoms with Crippen molar-refractivity contribution in [1.29, 1.82) is 0 Å². The molecule has 1 aromatic carbocycles. The first-order chi connectivity index (χ1) is 9.92. The van der Waals surface area contributed by atoms with Crippen molar-refractivity contribution in [3.8, 4) is 0 Å². The van der Waals surface area contributed by atoms with E-state index < -0.39 is 5.54 Å². The van der Waals surface area contributed by atoms with Gasteiger partial charge in [0.05, 0.1) is 5.54 Å². The van der Waals surface area contributed by atoms with Crippen LogP contribution in [0.5, 0.6) is 0 Å². The number of nitrogens with two attached hydrogens (primary N) is 1. The maximum atomic E-state index is 12.2. The molecule has 21 heavy (non-hydrogen) atoms. The van der Waals surface area contributed by atoms with Crippen molar-refractivity contribution in [2.75, 3.05) is 10.6 Å². The van der Waals surface area contributed by atoms with Gasteiger partial charge in [0.2, 0.25) is 11.8 Å². The van der Waals surface area contributed by atoms with Gasteiger partial charge in [-0.15, -0.1) is 0 Å². The lowest BCUT2D eigenvalue weighted by molar-refractivity contribution is -0.121. The number of nitrogens with one attached hydrogen (secondary N) is 2. The topological polar surface area (TPSA) is 84.2 Å². The fraction of sp³-hybridized carbons (Fsp3) is 0.500. The van der Waals surface area contributed by atoms with E-state index in [4.69, 9.17) is 5.73 Å². The molecule has 0 bridgehead atoms. The molecule has 2 amide bonds. The van der Waals surface area contributed by atoms with Crippen LogP contribution in [0.15, 0.2) is 18.2 Å². The Hall–Kier alpha value is -1.88. The van der Waals surface area contributed by atoms with E-state index in [0.717, 1.165) is 36.2 Å². The SMILES string of the molecule is CCCC(C)(N)C(=O)Nc1ccc2c(c1)CCCC(=O)N2. The maximum Gasteiger partial charge on any atom is 0.244 e. The maximum absolute atomic E-state index is 12.2.